The van der Waals surface area contributed by atoms with E-state index in [1.54, 1.807) is 6.08 Å². The van der Waals surface area contributed by atoms with E-state index in [9.17, 15) is 4.57 Å². The van der Waals surface area contributed by atoms with Crippen molar-refractivity contribution >= 4 is 7.60 Å². The van der Waals surface area contributed by atoms with Crippen LogP contribution < -0.4 is 0 Å². The van der Waals surface area contributed by atoms with Crippen molar-refractivity contribution in [1.82, 2.24) is 0 Å². The van der Waals surface area contributed by atoms with Crippen molar-refractivity contribution in [2.75, 3.05) is 12.8 Å². The minimum Gasteiger partial charge on any atom is -0.433 e. The summed E-state index contributed by atoms with van der Waals surface area (Å²) >= 11 is 0. The van der Waals surface area contributed by atoms with Crippen LogP contribution in [0.3, 0.4) is 0 Å². The molecule has 0 fully saturated rings. The van der Waals surface area contributed by atoms with Crippen molar-refractivity contribution in [3.05, 3.63) is 12.3 Å². The fourth-order valence-corrected chi connectivity index (χ4v) is 2.71. The fraction of sp³-hybridized carbons (Fsp3) is 0.818. The highest BCUT2D eigenvalue weighted by Crippen LogP contribution is 2.49. The van der Waals surface area contributed by atoms with E-state index in [1.165, 1.54) is 6.26 Å². The van der Waals surface area contributed by atoms with Crippen LogP contribution in [0.1, 0.15) is 46.5 Å². The lowest BCUT2D eigenvalue weighted by Gasteiger charge is -2.16. The summed E-state index contributed by atoms with van der Waals surface area (Å²) in [7, 11) is -2.87. The molecule has 4 heteroatoms. The van der Waals surface area contributed by atoms with Crippen LogP contribution in [0.15, 0.2) is 12.3 Å². The molecule has 0 aromatic carbocycles. The van der Waals surface area contributed by atoms with Gasteiger partial charge in [0.2, 0.25) is 0 Å². The first kappa shape index (κ1) is 14.7. The number of hydrogen-bond donors (Lipinski definition) is 0. The van der Waals surface area contributed by atoms with Crippen molar-refractivity contribution in [2.24, 2.45) is 0 Å². The molecule has 0 aromatic rings. The third-order valence-corrected chi connectivity index (χ3v) is 3.81. The predicted octanol–water partition coefficient (Wildman–Crippen LogP) is 4.35. The van der Waals surface area contributed by atoms with Gasteiger partial charge >= 0.3 is 7.60 Å². The zero-order chi connectivity index (χ0) is 11.6. The van der Waals surface area contributed by atoms with Gasteiger partial charge in [-0.15, -0.1) is 0 Å². The molecule has 0 spiro atoms. The summed E-state index contributed by atoms with van der Waals surface area (Å²) < 4.78 is 22.6. The molecule has 90 valence electrons. The largest absolute Gasteiger partial charge is 0.433 e. The topological polar surface area (TPSA) is 35.5 Å². The molecule has 1 unspecified atom stereocenters. The van der Waals surface area contributed by atoms with E-state index in [-0.39, 0.29) is 0 Å². The van der Waals surface area contributed by atoms with Crippen molar-refractivity contribution in [1.29, 1.82) is 0 Å². The Kier molecular flexibility index (Phi) is 8.83. The summed E-state index contributed by atoms with van der Waals surface area (Å²) in [6.45, 7) is 6.49. The lowest BCUT2D eigenvalue weighted by atomic mass is 10.4. The monoisotopic (exact) mass is 234 g/mol. The van der Waals surface area contributed by atoms with Crippen molar-refractivity contribution < 1.29 is 13.6 Å². The Balaban J connectivity index is 4.07. The van der Waals surface area contributed by atoms with Gasteiger partial charge in [0.25, 0.3) is 0 Å². The molecule has 3 nitrogen and oxygen atoms in total. The summed E-state index contributed by atoms with van der Waals surface area (Å²) in [4.78, 5) is 0. The predicted molar refractivity (Wildman–Crippen MR) is 64.1 cm³/mol. The van der Waals surface area contributed by atoms with E-state index < -0.39 is 7.60 Å². The molecule has 0 aliphatic carbocycles. The molecule has 0 heterocycles. The summed E-state index contributed by atoms with van der Waals surface area (Å²) in [5.74, 6) is 0. The Morgan fingerprint density at radius 1 is 1.20 bits per heavy atom. The maximum atomic E-state index is 12.1. The van der Waals surface area contributed by atoms with E-state index in [4.69, 9.17) is 9.05 Å². The number of allylic oxidation sites excluding steroid dienone is 1. The molecule has 0 aromatic heterocycles. The maximum Gasteiger partial charge on any atom is 0.378 e. The zero-order valence-corrected chi connectivity index (χ0v) is 11.0. The van der Waals surface area contributed by atoms with Crippen LogP contribution >= 0.6 is 7.60 Å². The van der Waals surface area contributed by atoms with Crippen LogP contribution in [0.4, 0.5) is 0 Å². The molecule has 0 bridgehead atoms. The van der Waals surface area contributed by atoms with Gasteiger partial charge in [0, 0.05) is 0 Å². The second kappa shape index (κ2) is 8.99. The molecular weight excluding hydrogens is 211 g/mol. The third-order valence-electron chi connectivity index (χ3n) is 1.93. The van der Waals surface area contributed by atoms with Crippen LogP contribution in [0, 0.1) is 0 Å². The average Bonchev–Trinajstić information content (AvgIpc) is 2.24. The highest BCUT2D eigenvalue weighted by molar-refractivity contribution is 7.53. The summed E-state index contributed by atoms with van der Waals surface area (Å²) in [5, 5.41) is 0. The Bertz CT molecular complexity index is 214. The zero-order valence-electron chi connectivity index (χ0n) is 10.1. The number of hydrogen-bond acceptors (Lipinski definition) is 3. The minimum atomic E-state index is -2.87. The fourth-order valence-electron chi connectivity index (χ4n) is 1.00. The maximum absolute atomic E-state index is 12.1. The highest BCUT2D eigenvalue weighted by atomic mass is 31.2. The molecule has 0 saturated heterocycles. The van der Waals surface area contributed by atoms with Crippen LogP contribution in [-0.2, 0) is 13.6 Å². The molecule has 15 heavy (non-hydrogen) atoms. The highest BCUT2D eigenvalue weighted by Gasteiger charge is 2.23. The van der Waals surface area contributed by atoms with Crippen LogP contribution in [0.5, 0.6) is 0 Å². The standard InChI is InChI=1S/C11H23O3P/c1-4-7-10-14-15(12,11-8-5-2)13-9-6-3/h6,9H,4-5,7-8,10-11H2,1-3H3. The van der Waals surface area contributed by atoms with Crippen LogP contribution in [0.2, 0.25) is 0 Å². The van der Waals surface area contributed by atoms with E-state index >= 15 is 0 Å². The second-order valence-corrected chi connectivity index (χ2v) is 5.59. The molecule has 0 rings (SSSR count). The normalized spacial score (nSPS) is 15.4. The second-order valence-electron chi connectivity index (χ2n) is 3.45. The van der Waals surface area contributed by atoms with Crippen LogP contribution in [0.25, 0.3) is 0 Å². The molecule has 1 atom stereocenters. The van der Waals surface area contributed by atoms with Gasteiger partial charge < -0.3 is 4.52 Å². The van der Waals surface area contributed by atoms with Gasteiger partial charge in [0.15, 0.2) is 0 Å². The van der Waals surface area contributed by atoms with E-state index in [0.29, 0.717) is 12.8 Å². The van der Waals surface area contributed by atoms with Gasteiger partial charge in [-0.3, -0.25) is 4.52 Å². The van der Waals surface area contributed by atoms with Gasteiger partial charge in [-0.2, -0.15) is 0 Å². The molecule has 0 saturated carbocycles. The van der Waals surface area contributed by atoms with Gasteiger partial charge in [-0.25, -0.2) is 4.57 Å². The summed E-state index contributed by atoms with van der Waals surface area (Å²) in [5.41, 5.74) is 0. The number of rotatable bonds is 9. The molecule has 0 aliphatic rings. The molecule has 0 amide bonds. The van der Waals surface area contributed by atoms with Crippen molar-refractivity contribution in [2.45, 2.75) is 46.5 Å². The van der Waals surface area contributed by atoms with E-state index in [0.717, 1.165) is 25.7 Å². The lowest BCUT2D eigenvalue weighted by Crippen LogP contribution is -1.99. The first-order chi connectivity index (χ1) is 7.18. The van der Waals surface area contributed by atoms with Crippen molar-refractivity contribution in [3.8, 4) is 0 Å². The van der Waals surface area contributed by atoms with Gasteiger partial charge in [-0.05, 0) is 19.8 Å². The average molecular weight is 234 g/mol. The molecule has 0 radical (unpaired) electrons. The Morgan fingerprint density at radius 3 is 2.40 bits per heavy atom. The van der Waals surface area contributed by atoms with E-state index in [2.05, 4.69) is 13.8 Å². The Labute approximate surface area is 93.4 Å². The summed E-state index contributed by atoms with van der Waals surface area (Å²) in [6.07, 6.45) is 7.54. The van der Waals surface area contributed by atoms with Gasteiger partial charge in [0.1, 0.15) is 0 Å². The molecule has 0 aliphatic heterocycles. The smallest absolute Gasteiger partial charge is 0.378 e. The quantitative estimate of drug-likeness (QED) is 0.338. The van der Waals surface area contributed by atoms with Crippen LogP contribution in [-0.4, -0.2) is 12.8 Å². The van der Waals surface area contributed by atoms with Gasteiger partial charge in [0.05, 0.1) is 19.0 Å². The molecule has 0 N–H and O–H groups in total. The first-order valence-corrected chi connectivity index (χ1v) is 7.44. The van der Waals surface area contributed by atoms with E-state index in [1.807, 2.05) is 6.92 Å². The summed E-state index contributed by atoms with van der Waals surface area (Å²) in [6, 6.07) is 0. The molecular formula is C11H23O3P. The minimum absolute atomic E-state index is 0.511. The number of unbranched alkanes of at least 4 members (excludes halogenated alkanes) is 2. The van der Waals surface area contributed by atoms with Gasteiger partial charge in [-0.1, -0.05) is 32.8 Å². The third kappa shape index (κ3) is 7.64. The Hall–Kier alpha value is -0.270. The Morgan fingerprint density at radius 2 is 1.87 bits per heavy atom. The van der Waals surface area contributed by atoms with Crippen molar-refractivity contribution in [3.63, 3.8) is 0 Å². The first-order valence-electron chi connectivity index (χ1n) is 5.71. The lowest BCUT2D eigenvalue weighted by molar-refractivity contribution is 0.244. The SMILES string of the molecule is CC=COP(=O)(CCCC)OCCCC.